The molecular weight excluding hydrogens is 336 g/mol. The summed E-state index contributed by atoms with van der Waals surface area (Å²) in [5.74, 6) is -0.416. The largest absolute Gasteiger partial charge is 0.348 e. The average molecular weight is 353 g/mol. The Bertz CT molecular complexity index is 674. The Morgan fingerprint density at radius 3 is 2.58 bits per heavy atom. The predicted molar refractivity (Wildman–Crippen MR) is 84.9 cm³/mol. The predicted octanol–water partition coefficient (Wildman–Crippen LogP) is 2.97. The van der Waals surface area contributed by atoms with E-state index in [2.05, 4.69) is 25.5 Å². The van der Waals surface area contributed by atoms with Gasteiger partial charge in [0.25, 0.3) is 12.3 Å². The van der Waals surface area contributed by atoms with Crippen LogP contribution in [0.2, 0.25) is 0 Å². The van der Waals surface area contributed by atoms with Gasteiger partial charge in [-0.05, 0) is 37.8 Å². The van der Waals surface area contributed by atoms with Crippen molar-refractivity contribution >= 4 is 17.7 Å². The van der Waals surface area contributed by atoms with Gasteiger partial charge in [0.05, 0.1) is 0 Å². The van der Waals surface area contributed by atoms with Gasteiger partial charge in [-0.15, -0.1) is 0 Å². The van der Waals surface area contributed by atoms with Crippen LogP contribution in [0, 0.1) is 0 Å². The van der Waals surface area contributed by atoms with E-state index in [-0.39, 0.29) is 17.4 Å². The normalized spacial score (nSPS) is 21.0. The minimum absolute atomic E-state index is 0.000478. The summed E-state index contributed by atoms with van der Waals surface area (Å²) in [4.78, 5) is 20.5. The van der Waals surface area contributed by atoms with E-state index in [9.17, 15) is 13.6 Å². The number of carbonyl (C=O) groups is 1. The number of rotatable bonds is 5. The summed E-state index contributed by atoms with van der Waals surface area (Å²) in [5.41, 5.74) is -0.345. The third-order valence-electron chi connectivity index (χ3n) is 3.89. The van der Waals surface area contributed by atoms with Crippen molar-refractivity contribution in [2.75, 3.05) is 0 Å². The van der Waals surface area contributed by atoms with Crippen molar-refractivity contribution in [1.82, 2.24) is 25.5 Å². The van der Waals surface area contributed by atoms with Crippen LogP contribution in [-0.4, -0.2) is 37.4 Å². The molecule has 0 aliphatic heterocycles. The van der Waals surface area contributed by atoms with E-state index in [0.717, 1.165) is 36.9 Å². The standard InChI is InChI=1S/C15H17F2N5OS/c16-13(17)11-8-12(22-21-11)14(23)20-9-2-4-10(5-3-9)24-15-18-6-1-7-19-15/h1,6-10,13H,2-5H2,(H,20,23)(H,21,22). The minimum Gasteiger partial charge on any atom is -0.348 e. The summed E-state index contributed by atoms with van der Waals surface area (Å²) in [6, 6.07) is 2.91. The molecule has 0 unspecified atom stereocenters. The van der Waals surface area contributed by atoms with E-state index in [1.165, 1.54) is 0 Å². The Labute approximate surface area is 141 Å². The molecule has 24 heavy (non-hydrogen) atoms. The van der Waals surface area contributed by atoms with Crippen molar-refractivity contribution in [2.45, 2.75) is 48.6 Å². The highest BCUT2D eigenvalue weighted by Crippen LogP contribution is 2.31. The number of thioether (sulfide) groups is 1. The number of amides is 1. The van der Waals surface area contributed by atoms with Gasteiger partial charge in [0.15, 0.2) is 5.16 Å². The summed E-state index contributed by atoms with van der Waals surface area (Å²) in [6.45, 7) is 0. The molecule has 128 valence electrons. The molecule has 3 rings (SSSR count). The number of aromatic amines is 1. The van der Waals surface area contributed by atoms with E-state index in [1.54, 1.807) is 30.2 Å². The van der Waals surface area contributed by atoms with Crippen molar-refractivity contribution in [3.8, 4) is 0 Å². The first-order chi connectivity index (χ1) is 11.6. The Morgan fingerprint density at radius 2 is 1.96 bits per heavy atom. The van der Waals surface area contributed by atoms with Gasteiger partial charge >= 0.3 is 0 Å². The molecule has 1 aliphatic carbocycles. The molecule has 0 radical (unpaired) electrons. The van der Waals surface area contributed by atoms with Crippen LogP contribution in [0.25, 0.3) is 0 Å². The summed E-state index contributed by atoms with van der Waals surface area (Å²) in [6.07, 6.45) is 4.34. The number of halogens is 2. The van der Waals surface area contributed by atoms with Gasteiger partial charge in [-0.25, -0.2) is 18.7 Å². The van der Waals surface area contributed by atoms with Crippen LogP contribution in [0.1, 0.15) is 48.3 Å². The quantitative estimate of drug-likeness (QED) is 0.808. The molecule has 0 aromatic carbocycles. The highest BCUT2D eigenvalue weighted by Gasteiger charge is 2.25. The van der Waals surface area contributed by atoms with E-state index < -0.39 is 12.3 Å². The van der Waals surface area contributed by atoms with Crippen LogP contribution in [0.5, 0.6) is 0 Å². The lowest BCUT2D eigenvalue weighted by atomic mass is 9.95. The molecule has 9 heteroatoms. The van der Waals surface area contributed by atoms with E-state index in [0.29, 0.717) is 5.25 Å². The Hall–Kier alpha value is -2.03. The van der Waals surface area contributed by atoms with Crippen LogP contribution in [0.4, 0.5) is 8.78 Å². The van der Waals surface area contributed by atoms with Gasteiger partial charge in [0.1, 0.15) is 11.4 Å². The summed E-state index contributed by atoms with van der Waals surface area (Å²) >= 11 is 1.65. The van der Waals surface area contributed by atoms with Gasteiger partial charge < -0.3 is 5.32 Å². The topological polar surface area (TPSA) is 83.6 Å². The molecule has 6 nitrogen and oxygen atoms in total. The number of nitrogens with zero attached hydrogens (tertiary/aromatic N) is 3. The first-order valence-electron chi connectivity index (χ1n) is 7.70. The highest BCUT2D eigenvalue weighted by molar-refractivity contribution is 7.99. The number of carbonyl (C=O) groups excluding carboxylic acids is 1. The molecule has 0 atom stereocenters. The highest BCUT2D eigenvalue weighted by atomic mass is 32.2. The number of hydrogen-bond acceptors (Lipinski definition) is 5. The van der Waals surface area contributed by atoms with Gasteiger partial charge in [0, 0.05) is 23.7 Å². The fourth-order valence-corrected chi connectivity index (χ4v) is 3.69. The number of nitrogens with one attached hydrogen (secondary N) is 2. The molecule has 0 bridgehead atoms. The first-order valence-corrected chi connectivity index (χ1v) is 8.58. The zero-order valence-corrected chi connectivity index (χ0v) is 13.6. The lowest BCUT2D eigenvalue weighted by molar-refractivity contribution is 0.0923. The molecule has 2 heterocycles. The zero-order valence-electron chi connectivity index (χ0n) is 12.8. The fraction of sp³-hybridized carbons (Fsp3) is 0.467. The third kappa shape index (κ3) is 4.28. The molecule has 0 spiro atoms. The average Bonchev–Trinajstić information content (AvgIpc) is 3.08. The van der Waals surface area contributed by atoms with Crippen LogP contribution in [0.3, 0.4) is 0 Å². The summed E-state index contributed by atoms with van der Waals surface area (Å²) < 4.78 is 25.0. The maximum atomic E-state index is 12.5. The van der Waals surface area contributed by atoms with Crippen LogP contribution in [-0.2, 0) is 0 Å². The van der Waals surface area contributed by atoms with Crippen LogP contribution < -0.4 is 5.32 Å². The van der Waals surface area contributed by atoms with Crippen molar-refractivity contribution < 1.29 is 13.6 Å². The molecule has 2 N–H and O–H groups in total. The molecule has 0 saturated heterocycles. The van der Waals surface area contributed by atoms with Gasteiger partial charge in [0.2, 0.25) is 0 Å². The molecule has 1 aliphatic rings. The van der Waals surface area contributed by atoms with E-state index >= 15 is 0 Å². The monoisotopic (exact) mass is 353 g/mol. The smallest absolute Gasteiger partial charge is 0.279 e. The number of hydrogen-bond donors (Lipinski definition) is 2. The lowest BCUT2D eigenvalue weighted by Crippen LogP contribution is -2.38. The Kier molecular flexibility index (Phi) is 5.39. The summed E-state index contributed by atoms with van der Waals surface area (Å²) in [5, 5.41) is 9.87. The van der Waals surface area contributed by atoms with Crippen LogP contribution in [0.15, 0.2) is 29.7 Å². The molecule has 2 aromatic rings. The van der Waals surface area contributed by atoms with E-state index in [1.807, 2.05) is 0 Å². The maximum absolute atomic E-state index is 12.5. The van der Waals surface area contributed by atoms with Gasteiger partial charge in [-0.1, -0.05) is 11.8 Å². The molecule has 1 fully saturated rings. The molecule has 1 amide bonds. The zero-order chi connectivity index (χ0) is 16.9. The van der Waals surface area contributed by atoms with Crippen molar-refractivity contribution in [3.63, 3.8) is 0 Å². The summed E-state index contributed by atoms with van der Waals surface area (Å²) in [7, 11) is 0. The molecule has 1 saturated carbocycles. The first kappa shape index (κ1) is 16.8. The molecular formula is C15H17F2N5OS. The number of aromatic nitrogens is 4. The number of H-pyrrole nitrogens is 1. The van der Waals surface area contributed by atoms with Crippen molar-refractivity contribution in [1.29, 1.82) is 0 Å². The SMILES string of the molecule is O=C(NC1CCC(Sc2ncccn2)CC1)c1cc(C(F)F)[nH]n1. The van der Waals surface area contributed by atoms with Gasteiger partial charge in [-0.2, -0.15) is 5.10 Å². The third-order valence-corrected chi connectivity index (χ3v) is 5.12. The minimum atomic E-state index is -2.66. The fourth-order valence-electron chi connectivity index (χ4n) is 2.64. The van der Waals surface area contributed by atoms with Gasteiger partial charge in [-0.3, -0.25) is 9.89 Å². The second-order valence-corrected chi connectivity index (χ2v) is 6.87. The van der Waals surface area contributed by atoms with Crippen LogP contribution >= 0.6 is 11.8 Å². The lowest BCUT2D eigenvalue weighted by Gasteiger charge is -2.28. The second kappa shape index (κ2) is 7.69. The van der Waals surface area contributed by atoms with Crippen molar-refractivity contribution in [2.24, 2.45) is 0 Å². The van der Waals surface area contributed by atoms with E-state index in [4.69, 9.17) is 0 Å². The van der Waals surface area contributed by atoms with Crippen molar-refractivity contribution in [3.05, 3.63) is 35.9 Å². The Balaban J connectivity index is 1.47. The number of alkyl halides is 2. The Morgan fingerprint density at radius 1 is 1.25 bits per heavy atom. The maximum Gasteiger partial charge on any atom is 0.279 e. The second-order valence-electron chi connectivity index (χ2n) is 5.61. The molecule has 2 aromatic heterocycles.